The predicted molar refractivity (Wildman–Crippen MR) is 155 cm³/mol. The minimum atomic E-state index is 0.932. The van der Waals surface area contributed by atoms with E-state index >= 15 is 0 Å². The topological polar surface area (TPSA) is 13.1 Å². The molecule has 0 unspecified atom stereocenters. The van der Waals surface area contributed by atoms with E-state index in [1.807, 2.05) is 0 Å². The SMILES string of the molecule is c1ccc(-c2c3ccccc3c(-c3ccc4c(c3)oc3c5ccsc5ccc43)c3ccccc23)cc1. The monoisotopic (exact) mass is 476 g/mol. The lowest BCUT2D eigenvalue weighted by Crippen LogP contribution is -1.90. The number of fused-ring (bicyclic) bond motifs is 7. The van der Waals surface area contributed by atoms with Gasteiger partial charge in [-0.2, -0.15) is 0 Å². The lowest BCUT2D eigenvalue weighted by molar-refractivity contribution is 0.673. The molecule has 0 aliphatic carbocycles. The van der Waals surface area contributed by atoms with Crippen molar-refractivity contribution in [2.24, 2.45) is 0 Å². The van der Waals surface area contributed by atoms with Gasteiger partial charge in [0.15, 0.2) is 0 Å². The van der Waals surface area contributed by atoms with E-state index in [1.165, 1.54) is 59.3 Å². The lowest BCUT2D eigenvalue weighted by atomic mass is 9.86. The average Bonchev–Trinajstić information content (AvgIpc) is 3.56. The zero-order valence-corrected chi connectivity index (χ0v) is 20.2. The summed E-state index contributed by atoms with van der Waals surface area (Å²) in [6.45, 7) is 0. The molecule has 36 heavy (non-hydrogen) atoms. The molecule has 0 radical (unpaired) electrons. The largest absolute Gasteiger partial charge is 0.455 e. The Bertz CT molecular complexity index is 2040. The first-order valence-electron chi connectivity index (χ1n) is 12.2. The normalized spacial score (nSPS) is 11.9. The number of benzene rings is 6. The van der Waals surface area contributed by atoms with E-state index in [0.29, 0.717) is 0 Å². The van der Waals surface area contributed by atoms with Crippen LogP contribution < -0.4 is 0 Å². The van der Waals surface area contributed by atoms with E-state index in [9.17, 15) is 0 Å². The molecule has 0 spiro atoms. The van der Waals surface area contributed by atoms with Crippen LogP contribution in [0.1, 0.15) is 0 Å². The van der Waals surface area contributed by atoms with Crippen LogP contribution in [0.25, 0.3) is 75.8 Å². The summed E-state index contributed by atoms with van der Waals surface area (Å²) in [7, 11) is 0. The molecule has 8 rings (SSSR count). The Morgan fingerprint density at radius 2 is 1.06 bits per heavy atom. The van der Waals surface area contributed by atoms with Gasteiger partial charge in [-0.05, 0) is 79.5 Å². The summed E-state index contributed by atoms with van der Waals surface area (Å²) in [6.07, 6.45) is 0. The first kappa shape index (κ1) is 19.9. The molecule has 0 N–H and O–H groups in total. The first-order chi connectivity index (χ1) is 17.9. The van der Waals surface area contributed by atoms with Crippen molar-refractivity contribution in [3.63, 3.8) is 0 Å². The molecule has 1 nitrogen and oxygen atoms in total. The summed E-state index contributed by atoms with van der Waals surface area (Å²) >= 11 is 1.75. The highest BCUT2D eigenvalue weighted by molar-refractivity contribution is 7.17. The number of rotatable bonds is 2. The zero-order chi connectivity index (χ0) is 23.6. The van der Waals surface area contributed by atoms with Gasteiger partial charge < -0.3 is 4.42 Å². The zero-order valence-electron chi connectivity index (χ0n) is 19.4. The van der Waals surface area contributed by atoms with Gasteiger partial charge in [-0.3, -0.25) is 0 Å². The third-order valence-corrected chi connectivity index (χ3v) is 8.23. The minimum absolute atomic E-state index is 0.932. The van der Waals surface area contributed by atoms with Gasteiger partial charge in [0.2, 0.25) is 0 Å². The first-order valence-corrected chi connectivity index (χ1v) is 13.1. The summed E-state index contributed by atoms with van der Waals surface area (Å²) in [6, 6.07) is 41.6. The van der Waals surface area contributed by atoms with Crippen LogP contribution in [0.4, 0.5) is 0 Å². The van der Waals surface area contributed by atoms with Crippen LogP contribution in [-0.2, 0) is 0 Å². The molecule has 0 aliphatic rings. The van der Waals surface area contributed by atoms with Gasteiger partial charge in [0, 0.05) is 20.9 Å². The van der Waals surface area contributed by atoms with Crippen molar-refractivity contribution in [2.75, 3.05) is 0 Å². The van der Waals surface area contributed by atoms with Crippen molar-refractivity contribution >= 4 is 64.9 Å². The summed E-state index contributed by atoms with van der Waals surface area (Å²) in [5.41, 5.74) is 6.87. The minimum Gasteiger partial charge on any atom is -0.455 e. The van der Waals surface area contributed by atoms with Gasteiger partial charge in [0.25, 0.3) is 0 Å². The van der Waals surface area contributed by atoms with Crippen LogP contribution in [0.15, 0.2) is 125 Å². The molecule has 0 atom stereocenters. The van der Waals surface area contributed by atoms with Crippen LogP contribution in [0.3, 0.4) is 0 Å². The van der Waals surface area contributed by atoms with Gasteiger partial charge in [-0.1, -0.05) is 84.9 Å². The highest BCUT2D eigenvalue weighted by Gasteiger charge is 2.18. The van der Waals surface area contributed by atoms with Crippen LogP contribution >= 0.6 is 11.3 Å². The Kier molecular flexibility index (Phi) is 4.16. The van der Waals surface area contributed by atoms with Crippen LogP contribution in [0.5, 0.6) is 0 Å². The molecular formula is C34H20OS. The third-order valence-electron chi connectivity index (χ3n) is 7.35. The van der Waals surface area contributed by atoms with Gasteiger partial charge in [-0.15, -0.1) is 11.3 Å². The Labute approximate surface area is 211 Å². The summed E-state index contributed by atoms with van der Waals surface area (Å²) in [5.74, 6) is 0. The van der Waals surface area contributed by atoms with Gasteiger partial charge in [-0.25, -0.2) is 0 Å². The predicted octanol–water partition coefficient (Wildman–Crippen LogP) is 10.4. The van der Waals surface area contributed by atoms with E-state index in [0.717, 1.165) is 16.6 Å². The number of hydrogen-bond acceptors (Lipinski definition) is 2. The lowest BCUT2D eigenvalue weighted by Gasteiger charge is -2.17. The fourth-order valence-corrected chi connectivity index (χ4v) is 6.57. The summed E-state index contributed by atoms with van der Waals surface area (Å²) < 4.78 is 7.77. The van der Waals surface area contributed by atoms with E-state index < -0.39 is 0 Å². The number of thiophene rings is 1. The Morgan fingerprint density at radius 3 is 1.75 bits per heavy atom. The third kappa shape index (κ3) is 2.76. The van der Waals surface area contributed by atoms with Gasteiger partial charge in [0.1, 0.15) is 11.2 Å². The molecule has 0 bridgehead atoms. The summed E-state index contributed by atoms with van der Waals surface area (Å²) in [5, 5.41) is 10.7. The van der Waals surface area contributed by atoms with E-state index in [2.05, 4.69) is 121 Å². The molecule has 2 aromatic heterocycles. The molecule has 0 fully saturated rings. The second-order valence-corrected chi connectivity index (χ2v) is 10.2. The smallest absolute Gasteiger partial charge is 0.144 e. The van der Waals surface area contributed by atoms with Crippen LogP contribution in [0.2, 0.25) is 0 Å². The second-order valence-electron chi connectivity index (χ2n) is 9.29. The Morgan fingerprint density at radius 1 is 0.444 bits per heavy atom. The average molecular weight is 477 g/mol. The maximum atomic E-state index is 6.51. The standard InChI is InChI=1S/C34H20OS/c1-2-8-21(9-3-1)32-24-10-4-6-12-26(24)33(27-13-7-5-11-25(27)32)22-14-15-23-28-16-17-31-29(18-19-36-31)34(28)35-30(23)20-22/h1-20H. The molecule has 0 aliphatic heterocycles. The second kappa shape index (κ2) is 7.55. The maximum absolute atomic E-state index is 6.51. The highest BCUT2D eigenvalue weighted by atomic mass is 32.1. The van der Waals surface area contributed by atoms with E-state index in [1.54, 1.807) is 11.3 Å². The fraction of sp³-hybridized carbons (Fsp3) is 0. The van der Waals surface area contributed by atoms with Crippen molar-refractivity contribution in [3.8, 4) is 22.3 Å². The fourth-order valence-electron chi connectivity index (χ4n) is 5.79. The Hall–Kier alpha value is -4.40. The van der Waals surface area contributed by atoms with Crippen molar-refractivity contribution in [3.05, 3.63) is 121 Å². The van der Waals surface area contributed by atoms with E-state index in [4.69, 9.17) is 4.42 Å². The number of hydrogen-bond donors (Lipinski definition) is 0. The molecule has 6 aromatic carbocycles. The van der Waals surface area contributed by atoms with Crippen molar-refractivity contribution in [2.45, 2.75) is 0 Å². The highest BCUT2D eigenvalue weighted by Crippen LogP contribution is 2.45. The van der Waals surface area contributed by atoms with Crippen LogP contribution in [-0.4, -0.2) is 0 Å². The number of furan rings is 1. The van der Waals surface area contributed by atoms with Crippen molar-refractivity contribution < 1.29 is 4.42 Å². The van der Waals surface area contributed by atoms with Crippen molar-refractivity contribution in [1.82, 2.24) is 0 Å². The van der Waals surface area contributed by atoms with Gasteiger partial charge >= 0.3 is 0 Å². The molecule has 168 valence electrons. The molecule has 2 heteroatoms. The van der Waals surface area contributed by atoms with E-state index in [-0.39, 0.29) is 0 Å². The van der Waals surface area contributed by atoms with Crippen LogP contribution in [0, 0.1) is 0 Å². The molecule has 0 amide bonds. The molecular weight excluding hydrogens is 456 g/mol. The molecule has 2 heterocycles. The summed E-state index contributed by atoms with van der Waals surface area (Å²) in [4.78, 5) is 0. The van der Waals surface area contributed by atoms with Gasteiger partial charge in [0.05, 0.1) is 0 Å². The molecule has 0 saturated carbocycles. The Balaban J connectivity index is 1.48. The quantitative estimate of drug-likeness (QED) is 0.226. The van der Waals surface area contributed by atoms with Crippen molar-refractivity contribution in [1.29, 1.82) is 0 Å². The maximum Gasteiger partial charge on any atom is 0.144 e. The molecule has 8 aromatic rings. The molecule has 0 saturated heterocycles.